The Labute approximate surface area is 186 Å². The Balaban J connectivity index is 1.78. The lowest BCUT2D eigenvalue weighted by molar-refractivity contribution is 0.0266. The molecule has 3 aromatic heterocycles. The standard InChI is InChI=1S/C19H20IN5O4S/c1-19(27)7-3-4-14(19)25-16-11(8-13(20)17(25)26)9-22-18(24-16)23-15-6-5-12(10-21-15)30(2,28)29/h5-6,8-10,14,27H,3-4,7H2,1-2H3,(H,21,22,23,24)/t14-,19-/m1/s1. The monoisotopic (exact) mass is 541 g/mol. The van der Waals surface area contributed by atoms with Crippen LogP contribution in [0.25, 0.3) is 11.0 Å². The average Bonchev–Trinajstić information content (AvgIpc) is 3.02. The molecule has 158 valence electrons. The van der Waals surface area contributed by atoms with Crippen molar-refractivity contribution in [1.29, 1.82) is 0 Å². The molecule has 0 aliphatic heterocycles. The van der Waals surface area contributed by atoms with Gasteiger partial charge in [0.05, 0.1) is 20.1 Å². The zero-order valence-electron chi connectivity index (χ0n) is 16.3. The number of sulfone groups is 1. The lowest BCUT2D eigenvalue weighted by Crippen LogP contribution is -2.38. The summed E-state index contributed by atoms with van der Waals surface area (Å²) < 4.78 is 25.3. The number of halogens is 1. The predicted octanol–water partition coefficient (Wildman–Crippen LogP) is 2.41. The van der Waals surface area contributed by atoms with E-state index >= 15 is 0 Å². The maximum Gasteiger partial charge on any atom is 0.266 e. The average molecular weight is 541 g/mol. The van der Waals surface area contributed by atoms with Crippen LogP contribution in [0.1, 0.15) is 32.2 Å². The van der Waals surface area contributed by atoms with Crippen molar-refractivity contribution >= 4 is 55.2 Å². The van der Waals surface area contributed by atoms with Crippen LogP contribution in [0.4, 0.5) is 11.8 Å². The van der Waals surface area contributed by atoms with Crippen molar-refractivity contribution in [2.75, 3.05) is 11.6 Å². The van der Waals surface area contributed by atoms with Crippen LogP contribution in [-0.2, 0) is 9.84 Å². The van der Waals surface area contributed by atoms with Crippen LogP contribution in [0.5, 0.6) is 0 Å². The SMILES string of the molecule is C[C@@]1(O)CCC[C@H]1n1c(=O)c(I)cc2cnc(Nc3ccc(S(C)(=O)=O)cn3)nc21. The Kier molecular flexibility index (Phi) is 5.31. The molecule has 0 radical (unpaired) electrons. The second-order valence-corrected chi connectivity index (χ2v) is 10.9. The van der Waals surface area contributed by atoms with Crippen LogP contribution >= 0.6 is 22.6 Å². The van der Waals surface area contributed by atoms with E-state index in [0.29, 0.717) is 33.3 Å². The Morgan fingerprint density at radius 1 is 1.30 bits per heavy atom. The fraction of sp³-hybridized carbons (Fsp3) is 0.368. The molecule has 1 saturated carbocycles. The minimum Gasteiger partial charge on any atom is -0.388 e. The third-order valence-corrected chi connectivity index (χ3v) is 7.19. The van der Waals surface area contributed by atoms with E-state index in [9.17, 15) is 18.3 Å². The molecular weight excluding hydrogens is 521 g/mol. The molecule has 0 saturated heterocycles. The van der Waals surface area contributed by atoms with Crippen molar-refractivity contribution in [3.05, 3.63) is 44.5 Å². The second kappa shape index (κ2) is 7.54. The fourth-order valence-corrected chi connectivity index (χ4v) is 4.92. The molecule has 0 bridgehead atoms. The molecule has 0 aromatic carbocycles. The van der Waals surface area contributed by atoms with Crippen molar-refractivity contribution in [3.8, 4) is 0 Å². The van der Waals surface area contributed by atoms with Gasteiger partial charge in [0.25, 0.3) is 5.56 Å². The summed E-state index contributed by atoms with van der Waals surface area (Å²) in [6.07, 6.45) is 6.10. The highest BCUT2D eigenvalue weighted by Gasteiger charge is 2.39. The molecule has 11 heteroatoms. The maximum absolute atomic E-state index is 13.0. The third-order valence-electron chi connectivity index (χ3n) is 5.32. The van der Waals surface area contributed by atoms with Crippen molar-refractivity contribution in [2.24, 2.45) is 0 Å². The van der Waals surface area contributed by atoms with E-state index in [-0.39, 0.29) is 22.4 Å². The summed E-state index contributed by atoms with van der Waals surface area (Å²) in [6.45, 7) is 1.75. The first kappa shape index (κ1) is 21.1. The number of hydrogen-bond donors (Lipinski definition) is 2. The topological polar surface area (TPSA) is 127 Å². The first-order valence-electron chi connectivity index (χ1n) is 9.29. The van der Waals surface area contributed by atoms with Gasteiger partial charge in [0.1, 0.15) is 11.5 Å². The van der Waals surface area contributed by atoms with Crippen LogP contribution in [-0.4, -0.2) is 44.9 Å². The first-order chi connectivity index (χ1) is 14.1. The summed E-state index contributed by atoms with van der Waals surface area (Å²) >= 11 is 1.99. The Morgan fingerprint density at radius 2 is 2.07 bits per heavy atom. The minimum absolute atomic E-state index is 0.111. The number of anilines is 2. The molecule has 30 heavy (non-hydrogen) atoms. The van der Waals surface area contributed by atoms with Gasteiger partial charge in [-0.05, 0) is 67.0 Å². The highest BCUT2D eigenvalue weighted by Crippen LogP contribution is 2.39. The number of nitrogens with zero attached hydrogens (tertiary/aromatic N) is 4. The summed E-state index contributed by atoms with van der Waals surface area (Å²) in [5.74, 6) is 0.586. The van der Waals surface area contributed by atoms with Gasteiger partial charge in [-0.3, -0.25) is 9.36 Å². The van der Waals surface area contributed by atoms with E-state index in [2.05, 4.69) is 20.3 Å². The highest BCUT2D eigenvalue weighted by atomic mass is 127. The Bertz CT molecular complexity index is 1290. The lowest BCUT2D eigenvalue weighted by Gasteiger charge is -2.28. The van der Waals surface area contributed by atoms with Crippen LogP contribution in [0.3, 0.4) is 0 Å². The molecule has 3 aromatic rings. The van der Waals surface area contributed by atoms with Gasteiger partial charge in [0.2, 0.25) is 5.95 Å². The molecule has 0 spiro atoms. The van der Waals surface area contributed by atoms with E-state index in [4.69, 9.17) is 0 Å². The minimum atomic E-state index is -3.34. The summed E-state index contributed by atoms with van der Waals surface area (Å²) in [5, 5.41) is 14.4. The first-order valence-corrected chi connectivity index (χ1v) is 12.3. The third kappa shape index (κ3) is 3.93. The summed E-state index contributed by atoms with van der Waals surface area (Å²) in [7, 11) is -3.34. The molecule has 2 N–H and O–H groups in total. The van der Waals surface area contributed by atoms with E-state index in [1.807, 2.05) is 22.6 Å². The lowest BCUT2D eigenvalue weighted by atomic mass is 10.00. The number of hydrogen-bond acceptors (Lipinski definition) is 8. The number of aliphatic hydroxyl groups is 1. The van der Waals surface area contributed by atoms with E-state index in [1.165, 1.54) is 18.3 Å². The second-order valence-electron chi connectivity index (χ2n) is 7.68. The van der Waals surface area contributed by atoms with Crippen molar-refractivity contribution in [1.82, 2.24) is 19.5 Å². The summed E-state index contributed by atoms with van der Waals surface area (Å²) in [5.41, 5.74) is -0.767. The zero-order chi connectivity index (χ0) is 21.7. The molecule has 3 heterocycles. The quantitative estimate of drug-likeness (QED) is 0.483. The van der Waals surface area contributed by atoms with Crippen LogP contribution in [0.15, 0.2) is 40.3 Å². The number of fused-ring (bicyclic) bond motifs is 1. The highest BCUT2D eigenvalue weighted by molar-refractivity contribution is 14.1. The smallest absolute Gasteiger partial charge is 0.266 e. The van der Waals surface area contributed by atoms with Gasteiger partial charge < -0.3 is 10.4 Å². The van der Waals surface area contributed by atoms with Gasteiger partial charge >= 0.3 is 0 Å². The van der Waals surface area contributed by atoms with Crippen molar-refractivity contribution < 1.29 is 13.5 Å². The molecule has 9 nitrogen and oxygen atoms in total. The largest absolute Gasteiger partial charge is 0.388 e. The Hall–Kier alpha value is -2.12. The molecule has 1 aliphatic carbocycles. The molecule has 0 unspecified atom stereocenters. The number of rotatable bonds is 4. The fourth-order valence-electron chi connectivity index (χ4n) is 3.76. The van der Waals surface area contributed by atoms with Crippen molar-refractivity contribution in [3.63, 3.8) is 0 Å². The molecule has 0 amide bonds. The van der Waals surface area contributed by atoms with Gasteiger partial charge in [-0.25, -0.2) is 18.4 Å². The summed E-state index contributed by atoms with van der Waals surface area (Å²) in [4.78, 5) is 26.0. The molecular formula is C19H20IN5O4S. The number of nitrogens with one attached hydrogen (secondary N) is 1. The number of pyridine rings is 2. The normalized spacial score (nSPS) is 21.8. The van der Waals surface area contributed by atoms with Crippen LogP contribution in [0.2, 0.25) is 0 Å². The van der Waals surface area contributed by atoms with Gasteiger partial charge in [-0.1, -0.05) is 0 Å². The molecule has 1 aliphatic rings. The number of aromatic nitrogens is 4. The zero-order valence-corrected chi connectivity index (χ0v) is 19.3. The Morgan fingerprint density at radius 3 is 2.67 bits per heavy atom. The molecule has 2 atom stereocenters. The van der Waals surface area contributed by atoms with Crippen molar-refractivity contribution in [2.45, 2.75) is 42.7 Å². The van der Waals surface area contributed by atoms with Crippen LogP contribution < -0.4 is 10.9 Å². The maximum atomic E-state index is 13.0. The summed E-state index contributed by atoms with van der Waals surface area (Å²) in [6, 6.07) is 4.31. The van der Waals surface area contributed by atoms with Gasteiger partial charge in [-0.15, -0.1) is 0 Å². The van der Waals surface area contributed by atoms with Gasteiger partial charge in [-0.2, -0.15) is 4.98 Å². The van der Waals surface area contributed by atoms with E-state index in [1.54, 1.807) is 23.8 Å². The molecule has 1 fully saturated rings. The van der Waals surface area contributed by atoms with E-state index in [0.717, 1.165) is 12.7 Å². The van der Waals surface area contributed by atoms with Gasteiger partial charge in [0.15, 0.2) is 9.84 Å². The molecule has 4 rings (SSSR count). The van der Waals surface area contributed by atoms with E-state index < -0.39 is 15.4 Å². The van der Waals surface area contributed by atoms with Crippen LogP contribution in [0, 0.1) is 3.57 Å². The van der Waals surface area contributed by atoms with Gasteiger partial charge in [0, 0.05) is 24.0 Å². The predicted molar refractivity (Wildman–Crippen MR) is 121 cm³/mol.